The lowest BCUT2D eigenvalue weighted by Gasteiger charge is -2.30. The van der Waals surface area contributed by atoms with E-state index >= 15 is 0 Å². The molecule has 2 aromatic rings. The first-order chi connectivity index (χ1) is 15.6. The molecule has 0 spiro atoms. The third-order valence-electron chi connectivity index (χ3n) is 6.42. The molecule has 1 aromatic heterocycles. The summed E-state index contributed by atoms with van der Waals surface area (Å²) in [6, 6.07) is 9.86. The first-order valence-corrected chi connectivity index (χ1v) is 12.0. The number of nitrogens with zero attached hydrogens (tertiary/aromatic N) is 2. The van der Waals surface area contributed by atoms with Crippen LogP contribution in [0.2, 0.25) is 0 Å². The Morgan fingerprint density at radius 1 is 1.16 bits per heavy atom. The van der Waals surface area contributed by atoms with Crippen molar-refractivity contribution in [3.8, 4) is 5.75 Å². The maximum Gasteiger partial charge on any atom is 0.256 e. The van der Waals surface area contributed by atoms with Crippen molar-refractivity contribution in [2.75, 3.05) is 26.3 Å². The van der Waals surface area contributed by atoms with Crippen molar-refractivity contribution in [2.45, 2.75) is 45.0 Å². The predicted molar refractivity (Wildman–Crippen MR) is 123 cm³/mol. The van der Waals surface area contributed by atoms with Crippen molar-refractivity contribution in [1.29, 1.82) is 0 Å². The van der Waals surface area contributed by atoms with E-state index in [0.717, 1.165) is 65.9 Å². The maximum atomic E-state index is 12.9. The van der Waals surface area contributed by atoms with Crippen LogP contribution in [0.15, 0.2) is 42.5 Å². The fourth-order valence-corrected chi connectivity index (χ4v) is 5.70. The molecule has 0 unspecified atom stereocenters. The van der Waals surface area contributed by atoms with Crippen LogP contribution >= 0.6 is 11.3 Å². The molecule has 1 amide bonds. The maximum absolute atomic E-state index is 12.9. The summed E-state index contributed by atoms with van der Waals surface area (Å²) in [6.45, 7) is 9.37. The number of hydrogen-bond acceptors (Lipinski definition) is 6. The van der Waals surface area contributed by atoms with E-state index in [9.17, 15) is 9.59 Å². The van der Waals surface area contributed by atoms with Gasteiger partial charge in [0.2, 0.25) is 0 Å². The highest BCUT2D eigenvalue weighted by atomic mass is 32.1. The van der Waals surface area contributed by atoms with Gasteiger partial charge in [-0.3, -0.25) is 14.5 Å². The van der Waals surface area contributed by atoms with Crippen LogP contribution in [0.25, 0.3) is 0 Å². The van der Waals surface area contributed by atoms with Crippen LogP contribution in [0.4, 0.5) is 0 Å². The van der Waals surface area contributed by atoms with Gasteiger partial charge in [0.15, 0.2) is 5.78 Å². The van der Waals surface area contributed by atoms with Crippen molar-refractivity contribution in [3.63, 3.8) is 0 Å². The topological polar surface area (TPSA) is 59.1 Å². The molecule has 7 heteroatoms. The number of benzene rings is 1. The molecule has 6 nitrogen and oxygen atoms in total. The molecular formula is C25H28N2O4S. The summed E-state index contributed by atoms with van der Waals surface area (Å²) >= 11 is 1.61. The number of amides is 1. The van der Waals surface area contributed by atoms with Crippen molar-refractivity contribution in [3.05, 3.63) is 63.4 Å². The van der Waals surface area contributed by atoms with Crippen molar-refractivity contribution in [1.82, 2.24) is 9.80 Å². The fourth-order valence-electron chi connectivity index (χ4n) is 4.63. The highest BCUT2D eigenvalue weighted by Gasteiger charge is 2.39. The smallest absolute Gasteiger partial charge is 0.256 e. The second kappa shape index (κ2) is 9.17. The number of fused-ring (bicyclic) bond motifs is 1. The molecule has 168 valence electrons. The highest BCUT2D eigenvalue weighted by Crippen LogP contribution is 2.35. The Kier molecular flexibility index (Phi) is 6.13. The number of carbonyl (C=O) groups excluding carboxylic acids is 2. The number of morpholine rings is 1. The molecule has 1 aromatic carbocycles. The number of Topliss-reactive ketones (excluding diaryl/α,β-unsaturated/α-hetero) is 1. The number of thiophene rings is 1. The quantitative estimate of drug-likeness (QED) is 0.624. The van der Waals surface area contributed by atoms with Crippen LogP contribution < -0.4 is 4.74 Å². The molecule has 1 aliphatic carbocycles. The van der Waals surface area contributed by atoms with Crippen molar-refractivity contribution in [2.24, 2.45) is 0 Å². The van der Waals surface area contributed by atoms with Crippen molar-refractivity contribution < 1.29 is 19.1 Å². The molecule has 32 heavy (non-hydrogen) atoms. The molecule has 1 atom stereocenters. The summed E-state index contributed by atoms with van der Waals surface area (Å²) in [5.41, 5.74) is 2.97. The van der Waals surface area contributed by atoms with Crippen LogP contribution in [0.3, 0.4) is 0 Å². The van der Waals surface area contributed by atoms with Gasteiger partial charge in [0, 0.05) is 35.8 Å². The van der Waals surface area contributed by atoms with Crippen LogP contribution in [0, 0.1) is 0 Å². The van der Waals surface area contributed by atoms with Gasteiger partial charge < -0.3 is 14.4 Å². The Morgan fingerprint density at radius 3 is 2.66 bits per heavy atom. The Balaban J connectivity index is 1.16. The Labute approximate surface area is 192 Å². The van der Waals surface area contributed by atoms with Gasteiger partial charge in [-0.2, -0.15) is 0 Å². The highest BCUT2D eigenvalue weighted by molar-refractivity contribution is 7.12. The van der Waals surface area contributed by atoms with E-state index in [1.807, 2.05) is 18.2 Å². The van der Waals surface area contributed by atoms with E-state index in [-0.39, 0.29) is 17.7 Å². The van der Waals surface area contributed by atoms with Gasteiger partial charge in [-0.1, -0.05) is 24.3 Å². The number of ketones is 1. The van der Waals surface area contributed by atoms with Gasteiger partial charge in [0.05, 0.1) is 31.4 Å². The number of carbonyl (C=O) groups is 2. The summed E-state index contributed by atoms with van der Waals surface area (Å²) in [5.74, 6) is 0.913. The number of hydrogen-bond donors (Lipinski definition) is 0. The molecule has 5 rings (SSSR count). The zero-order chi connectivity index (χ0) is 22.1. The monoisotopic (exact) mass is 452 g/mol. The second-order valence-electron chi connectivity index (χ2n) is 8.75. The minimum absolute atomic E-state index is 0.0270. The van der Waals surface area contributed by atoms with Crippen molar-refractivity contribution >= 4 is 23.0 Å². The zero-order valence-corrected chi connectivity index (χ0v) is 19.0. The molecule has 3 heterocycles. The number of rotatable bonds is 6. The Bertz CT molecular complexity index is 1020. The lowest BCUT2D eigenvalue weighted by Crippen LogP contribution is -2.43. The van der Waals surface area contributed by atoms with E-state index in [4.69, 9.17) is 9.47 Å². The molecule has 0 radical (unpaired) electrons. The van der Waals surface area contributed by atoms with Gasteiger partial charge >= 0.3 is 0 Å². The molecule has 1 saturated heterocycles. The first kappa shape index (κ1) is 21.4. The average Bonchev–Trinajstić information content (AvgIpc) is 3.33. The van der Waals surface area contributed by atoms with E-state index in [2.05, 4.69) is 23.6 Å². The molecule has 0 N–H and O–H groups in total. The van der Waals surface area contributed by atoms with E-state index < -0.39 is 0 Å². The van der Waals surface area contributed by atoms with Gasteiger partial charge in [-0.25, -0.2) is 0 Å². The van der Waals surface area contributed by atoms with Crippen LogP contribution in [-0.2, 0) is 29.2 Å². The Hall–Kier alpha value is -2.48. The Morgan fingerprint density at radius 2 is 1.94 bits per heavy atom. The van der Waals surface area contributed by atoms with E-state index in [1.54, 1.807) is 16.2 Å². The molecule has 1 saturated carbocycles. The predicted octanol–water partition coefficient (Wildman–Crippen LogP) is 3.79. The summed E-state index contributed by atoms with van der Waals surface area (Å²) < 4.78 is 11.4. The number of allylic oxidation sites excluding steroid dienone is 1. The largest absolute Gasteiger partial charge is 0.488 e. The van der Waals surface area contributed by atoms with Crippen LogP contribution in [-0.4, -0.2) is 53.8 Å². The average molecular weight is 453 g/mol. The normalized spacial score (nSPS) is 21.8. The minimum Gasteiger partial charge on any atom is -0.488 e. The third-order valence-corrected chi connectivity index (χ3v) is 7.52. The molecular weight excluding hydrogens is 424 g/mol. The second-order valence-corrected chi connectivity index (χ2v) is 9.97. The fraction of sp³-hybridized carbons (Fsp3) is 0.440. The SMILES string of the molecule is C=C1CC[C@H](N2Cc3sc(COc4ccc(CN5CCOCC5)cc4)cc3C2=O)C(=O)C1. The molecule has 2 aliphatic heterocycles. The lowest BCUT2D eigenvalue weighted by molar-refractivity contribution is -0.124. The first-order valence-electron chi connectivity index (χ1n) is 11.2. The summed E-state index contributed by atoms with van der Waals surface area (Å²) in [7, 11) is 0. The molecule has 3 aliphatic rings. The standard InChI is InChI=1S/C25H28N2O4S/c1-17-2-7-22(23(28)12-17)27-15-24-21(25(27)29)13-20(32-24)16-31-19-5-3-18(4-6-19)14-26-8-10-30-11-9-26/h3-6,13,22H,1-2,7-12,14-16H2/t22-/m0/s1. The van der Waals surface area contributed by atoms with Crippen LogP contribution in [0.1, 0.15) is 44.9 Å². The number of ether oxygens (including phenoxy) is 2. The van der Waals surface area contributed by atoms with Gasteiger partial charge in [0.25, 0.3) is 5.91 Å². The van der Waals surface area contributed by atoms with Gasteiger partial charge in [-0.05, 0) is 36.6 Å². The van der Waals surface area contributed by atoms with Gasteiger partial charge in [-0.15, -0.1) is 11.3 Å². The minimum atomic E-state index is -0.303. The van der Waals surface area contributed by atoms with E-state index in [1.165, 1.54) is 5.56 Å². The summed E-state index contributed by atoms with van der Waals surface area (Å²) in [4.78, 5) is 31.5. The molecule has 2 fully saturated rings. The van der Waals surface area contributed by atoms with Gasteiger partial charge in [0.1, 0.15) is 12.4 Å². The lowest BCUT2D eigenvalue weighted by atomic mass is 9.90. The molecule has 0 bridgehead atoms. The summed E-state index contributed by atoms with van der Waals surface area (Å²) in [6.07, 6.45) is 1.90. The summed E-state index contributed by atoms with van der Waals surface area (Å²) in [5, 5.41) is 0. The van der Waals surface area contributed by atoms with E-state index in [0.29, 0.717) is 26.0 Å². The third kappa shape index (κ3) is 4.51. The van der Waals surface area contributed by atoms with Crippen LogP contribution in [0.5, 0.6) is 5.75 Å². The zero-order valence-electron chi connectivity index (χ0n) is 18.2.